The maximum Gasteiger partial charge on any atom is 0.303 e. The van der Waals surface area contributed by atoms with E-state index in [2.05, 4.69) is 17.6 Å². The van der Waals surface area contributed by atoms with E-state index in [4.69, 9.17) is 14.6 Å². The summed E-state index contributed by atoms with van der Waals surface area (Å²) in [6, 6.07) is 5.46. The van der Waals surface area contributed by atoms with E-state index in [9.17, 15) is 9.59 Å². The summed E-state index contributed by atoms with van der Waals surface area (Å²) in [6.45, 7) is 4.79. The first-order chi connectivity index (χ1) is 12.2. The first kappa shape index (κ1) is 20.3. The molecule has 0 amide bonds. The zero-order valence-electron chi connectivity index (χ0n) is 15.2. The molecule has 142 valence electrons. The molecule has 0 atom stereocenters. The van der Waals surface area contributed by atoms with Crippen LogP contribution in [0.25, 0.3) is 0 Å². The van der Waals surface area contributed by atoms with Gasteiger partial charge in [-0.25, -0.2) is 0 Å². The van der Waals surface area contributed by atoms with E-state index in [0.717, 1.165) is 11.3 Å². The minimum atomic E-state index is -0.834. The lowest BCUT2D eigenvalue weighted by Gasteiger charge is -2.20. The second-order valence-electron chi connectivity index (χ2n) is 6.89. The zero-order valence-corrected chi connectivity index (χ0v) is 16.1. The molecule has 0 spiro atoms. The van der Waals surface area contributed by atoms with Crippen molar-refractivity contribution < 1.29 is 24.2 Å². The average molecular weight is 379 g/mol. The molecule has 0 fully saturated rings. The molecule has 0 radical (unpaired) electrons. The van der Waals surface area contributed by atoms with Crippen LogP contribution in [-0.4, -0.2) is 47.1 Å². The summed E-state index contributed by atoms with van der Waals surface area (Å²) in [4.78, 5) is 27.0. The van der Waals surface area contributed by atoms with Crippen molar-refractivity contribution >= 4 is 30.1 Å². The first-order valence-corrected chi connectivity index (χ1v) is 9.08. The molecule has 1 aliphatic heterocycles. The number of benzene rings is 1. The van der Waals surface area contributed by atoms with Crippen LogP contribution in [0, 0.1) is 0 Å². The Kier molecular flexibility index (Phi) is 7.08. The summed E-state index contributed by atoms with van der Waals surface area (Å²) in [6.07, 6.45) is 1.56. The number of ether oxygens (including phenoxy) is 2. The van der Waals surface area contributed by atoms with E-state index in [1.807, 2.05) is 26.0 Å². The molecule has 1 aromatic rings. The smallest absolute Gasteiger partial charge is 0.303 e. The van der Waals surface area contributed by atoms with Gasteiger partial charge in [0.05, 0.1) is 19.8 Å². The van der Waals surface area contributed by atoms with Gasteiger partial charge in [-0.1, -0.05) is 13.8 Å². The van der Waals surface area contributed by atoms with Crippen LogP contribution in [-0.2, 0) is 9.59 Å². The molecule has 0 unspecified atom stereocenters. The molecule has 2 rings (SSSR count). The normalized spacial score (nSPS) is 15.3. The average Bonchev–Trinajstić information content (AvgIpc) is 2.55. The van der Waals surface area contributed by atoms with E-state index >= 15 is 0 Å². The maximum atomic E-state index is 12.0. The number of Topliss-reactive ketones (excluding diaryl/α,β-unsaturated/α-hetero) is 1. The lowest BCUT2D eigenvalue weighted by atomic mass is 10.0. The monoisotopic (exact) mass is 379 g/mol. The number of hydrogen-bond acceptors (Lipinski definition) is 6. The number of aliphatic imine (C=N–C) groups is 1. The molecular formula is C19H25NO5S. The predicted octanol–water partition coefficient (Wildman–Crippen LogP) is 3.17. The fourth-order valence-electron chi connectivity index (χ4n) is 2.64. The van der Waals surface area contributed by atoms with Gasteiger partial charge in [0, 0.05) is 41.4 Å². The number of hydrogen-bond donors (Lipinski definition) is 2. The highest BCUT2D eigenvalue weighted by Gasteiger charge is 2.20. The Morgan fingerprint density at radius 1 is 1.38 bits per heavy atom. The van der Waals surface area contributed by atoms with Crippen molar-refractivity contribution in [3.63, 3.8) is 0 Å². The summed E-state index contributed by atoms with van der Waals surface area (Å²) >= 11 is 4.38. The molecule has 0 saturated carbocycles. The third kappa shape index (κ3) is 6.71. The molecular weight excluding hydrogens is 354 g/mol. The van der Waals surface area contributed by atoms with Crippen molar-refractivity contribution in [2.75, 3.05) is 19.8 Å². The Hall–Kier alpha value is -2.02. The predicted molar refractivity (Wildman–Crippen MR) is 103 cm³/mol. The van der Waals surface area contributed by atoms with E-state index in [1.165, 1.54) is 0 Å². The zero-order chi connectivity index (χ0) is 19.2. The number of carboxylic acids is 1. The molecule has 0 aliphatic carbocycles. The van der Waals surface area contributed by atoms with Gasteiger partial charge in [-0.2, -0.15) is 12.6 Å². The number of thiol groups is 1. The van der Waals surface area contributed by atoms with Crippen molar-refractivity contribution in [2.45, 2.75) is 44.3 Å². The number of carboxylic acid groups (broad SMARTS) is 1. The van der Waals surface area contributed by atoms with Gasteiger partial charge in [-0.05, 0) is 18.6 Å². The van der Waals surface area contributed by atoms with Gasteiger partial charge in [0.1, 0.15) is 11.5 Å². The first-order valence-electron chi connectivity index (χ1n) is 8.64. The second-order valence-corrected chi connectivity index (χ2v) is 8.10. The topological polar surface area (TPSA) is 85.2 Å². The molecule has 1 N–H and O–H groups in total. The van der Waals surface area contributed by atoms with Crippen LogP contribution in [0.1, 0.15) is 45.1 Å². The van der Waals surface area contributed by atoms with Crippen LogP contribution >= 0.6 is 12.6 Å². The Morgan fingerprint density at radius 3 is 2.85 bits per heavy atom. The number of fused-ring (bicyclic) bond motifs is 1. The third-order valence-electron chi connectivity index (χ3n) is 3.74. The minimum Gasteiger partial charge on any atom is -0.493 e. The fourth-order valence-corrected chi connectivity index (χ4v) is 2.82. The second kappa shape index (κ2) is 9.07. The van der Waals surface area contributed by atoms with Gasteiger partial charge in [-0.15, -0.1) is 0 Å². The van der Waals surface area contributed by atoms with Crippen molar-refractivity contribution in [3.05, 3.63) is 23.8 Å². The summed E-state index contributed by atoms with van der Waals surface area (Å²) in [7, 11) is 0. The summed E-state index contributed by atoms with van der Waals surface area (Å²) in [5.74, 6) is 0.527. The summed E-state index contributed by atoms with van der Waals surface area (Å²) < 4.78 is 10.9. The Morgan fingerprint density at radius 2 is 2.15 bits per heavy atom. The number of rotatable bonds is 9. The van der Waals surface area contributed by atoms with Gasteiger partial charge in [-0.3, -0.25) is 14.6 Å². The lowest BCUT2D eigenvalue weighted by molar-refractivity contribution is -0.137. The van der Waals surface area contributed by atoms with Crippen LogP contribution in [0.2, 0.25) is 0 Å². The molecule has 1 heterocycles. The number of carbonyl (C=O) groups is 2. The highest BCUT2D eigenvalue weighted by Crippen LogP contribution is 2.30. The summed E-state index contributed by atoms with van der Waals surface area (Å²) in [5, 5.41) is 8.63. The SMILES string of the molecule is CC(C)(S)CC(=O)CN=C1CCOc2cc(OCCCC(=O)O)ccc21. The minimum absolute atomic E-state index is 0.0592. The Bertz CT molecular complexity index is 694. The van der Waals surface area contributed by atoms with Gasteiger partial charge in [0.25, 0.3) is 0 Å². The lowest BCUT2D eigenvalue weighted by Crippen LogP contribution is -2.21. The van der Waals surface area contributed by atoms with Gasteiger partial charge >= 0.3 is 5.97 Å². The number of carbonyl (C=O) groups excluding carboxylic acids is 1. The van der Waals surface area contributed by atoms with Crippen LogP contribution < -0.4 is 9.47 Å². The van der Waals surface area contributed by atoms with Crippen LogP contribution in [0.3, 0.4) is 0 Å². The third-order valence-corrected chi connectivity index (χ3v) is 3.90. The molecule has 0 bridgehead atoms. The van der Waals surface area contributed by atoms with Crippen molar-refractivity contribution in [1.82, 2.24) is 0 Å². The molecule has 0 aromatic heterocycles. The van der Waals surface area contributed by atoms with Gasteiger partial charge < -0.3 is 14.6 Å². The molecule has 1 aromatic carbocycles. The Balaban J connectivity index is 1.99. The number of ketones is 1. The van der Waals surface area contributed by atoms with Crippen molar-refractivity contribution in [1.29, 1.82) is 0 Å². The van der Waals surface area contributed by atoms with Crippen molar-refractivity contribution in [2.24, 2.45) is 4.99 Å². The van der Waals surface area contributed by atoms with Crippen LogP contribution in [0.15, 0.2) is 23.2 Å². The molecule has 1 aliphatic rings. The van der Waals surface area contributed by atoms with Crippen molar-refractivity contribution in [3.8, 4) is 11.5 Å². The number of aliphatic carboxylic acids is 1. The van der Waals surface area contributed by atoms with E-state index in [0.29, 0.717) is 44.0 Å². The van der Waals surface area contributed by atoms with E-state index < -0.39 is 5.97 Å². The highest BCUT2D eigenvalue weighted by molar-refractivity contribution is 7.81. The summed E-state index contributed by atoms with van der Waals surface area (Å²) in [5.41, 5.74) is 1.72. The molecule has 7 heteroatoms. The standard InChI is InChI=1S/C19H25NO5S/c1-19(2,26)11-13(21)12-20-16-7-9-25-17-10-14(5-6-15(16)17)24-8-3-4-18(22)23/h5-6,10,26H,3-4,7-9,11-12H2,1-2H3,(H,22,23). The number of nitrogens with zero attached hydrogens (tertiary/aromatic N) is 1. The van der Waals surface area contributed by atoms with Gasteiger partial charge in [0.15, 0.2) is 5.78 Å². The highest BCUT2D eigenvalue weighted by atomic mass is 32.1. The fraction of sp³-hybridized carbons (Fsp3) is 0.526. The maximum absolute atomic E-state index is 12.0. The van der Waals surface area contributed by atoms with Crippen LogP contribution in [0.5, 0.6) is 11.5 Å². The molecule has 0 saturated heterocycles. The largest absolute Gasteiger partial charge is 0.493 e. The molecule has 6 nitrogen and oxygen atoms in total. The quantitative estimate of drug-likeness (QED) is 0.508. The van der Waals surface area contributed by atoms with Gasteiger partial charge in [0.2, 0.25) is 0 Å². The molecule has 26 heavy (non-hydrogen) atoms. The Labute approximate surface area is 159 Å². The van der Waals surface area contributed by atoms with E-state index in [-0.39, 0.29) is 23.5 Å². The van der Waals surface area contributed by atoms with Crippen LogP contribution in [0.4, 0.5) is 0 Å². The van der Waals surface area contributed by atoms with E-state index in [1.54, 1.807) is 6.07 Å².